The van der Waals surface area contributed by atoms with Crippen molar-refractivity contribution in [2.45, 2.75) is 29.8 Å². The van der Waals surface area contributed by atoms with Gasteiger partial charge in [0.1, 0.15) is 0 Å². The van der Waals surface area contributed by atoms with Gasteiger partial charge in [0.05, 0.1) is 27.2 Å². The molecule has 35 heavy (non-hydrogen) atoms. The van der Waals surface area contributed by atoms with E-state index in [0.29, 0.717) is 21.7 Å². The molecule has 0 unspecified atom stereocenters. The third-order valence-corrected chi connectivity index (χ3v) is 7.17. The highest BCUT2D eigenvalue weighted by Crippen LogP contribution is 2.27. The van der Waals surface area contributed by atoms with Crippen LogP contribution >= 0.6 is 11.8 Å². The van der Waals surface area contributed by atoms with Gasteiger partial charge in [-0.05, 0) is 47.9 Å². The molecule has 0 saturated carbocycles. The van der Waals surface area contributed by atoms with Crippen LogP contribution in [0.2, 0.25) is 0 Å². The maximum atomic E-state index is 13.5. The summed E-state index contributed by atoms with van der Waals surface area (Å²) in [5, 5.41) is 8.71. The highest BCUT2D eigenvalue weighted by atomic mass is 32.2. The lowest BCUT2D eigenvalue weighted by molar-refractivity contribution is -0.113. The topological polar surface area (TPSA) is 124 Å². The Kier molecular flexibility index (Phi) is 7.06. The summed E-state index contributed by atoms with van der Waals surface area (Å²) in [6.07, 6.45) is 0. The fourth-order valence-electron chi connectivity index (χ4n) is 3.68. The lowest BCUT2D eigenvalue weighted by Crippen LogP contribution is -2.24. The Hall–Kier alpha value is -3.47. The number of aromatic nitrogens is 2. The fraction of sp³-hybridized carbons (Fsp3) is 0.160. The first-order valence-electron chi connectivity index (χ1n) is 10.8. The van der Waals surface area contributed by atoms with Crippen molar-refractivity contribution in [2.24, 2.45) is 5.14 Å². The second-order valence-corrected chi connectivity index (χ2v) is 10.7. The van der Waals surface area contributed by atoms with Gasteiger partial charge in [-0.2, -0.15) is 0 Å². The van der Waals surface area contributed by atoms with E-state index in [1.807, 2.05) is 38.1 Å². The molecule has 10 heteroatoms. The smallest absolute Gasteiger partial charge is 0.266 e. The van der Waals surface area contributed by atoms with Gasteiger partial charge in [0.15, 0.2) is 5.16 Å². The van der Waals surface area contributed by atoms with Crippen molar-refractivity contribution in [1.29, 1.82) is 0 Å². The zero-order valence-electron chi connectivity index (χ0n) is 19.1. The van der Waals surface area contributed by atoms with Crippen LogP contribution in [-0.2, 0) is 14.8 Å². The van der Waals surface area contributed by atoms with E-state index in [1.165, 1.54) is 18.2 Å². The Morgan fingerprint density at radius 3 is 2.51 bits per heavy atom. The van der Waals surface area contributed by atoms with E-state index in [1.54, 1.807) is 34.9 Å². The van der Waals surface area contributed by atoms with E-state index in [2.05, 4.69) is 10.3 Å². The number of sulfonamides is 1. The van der Waals surface area contributed by atoms with Crippen LogP contribution in [0.1, 0.15) is 25.3 Å². The largest absolute Gasteiger partial charge is 0.325 e. The average molecular weight is 509 g/mol. The molecule has 3 aromatic carbocycles. The van der Waals surface area contributed by atoms with Crippen LogP contribution in [0.5, 0.6) is 0 Å². The molecule has 1 amide bonds. The molecule has 1 aromatic heterocycles. The number of para-hydroxylation sites is 2. The first-order chi connectivity index (χ1) is 16.6. The van der Waals surface area contributed by atoms with Gasteiger partial charge in [-0.25, -0.2) is 18.5 Å². The maximum Gasteiger partial charge on any atom is 0.266 e. The molecule has 0 aliphatic rings. The molecule has 0 aliphatic heterocycles. The number of nitrogens with two attached hydrogens (primary N) is 1. The normalized spacial score (nSPS) is 11.7. The van der Waals surface area contributed by atoms with Crippen molar-refractivity contribution in [1.82, 2.24) is 9.55 Å². The summed E-state index contributed by atoms with van der Waals surface area (Å²) >= 11 is 1.13. The molecule has 0 spiro atoms. The number of benzene rings is 3. The van der Waals surface area contributed by atoms with Crippen LogP contribution in [0.3, 0.4) is 0 Å². The van der Waals surface area contributed by atoms with Crippen molar-refractivity contribution >= 4 is 44.3 Å². The number of hydrogen-bond acceptors (Lipinski definition) is 6. The summed E-state index contributed by atoms with van der Waals surface area (Å²) in [6.45, 7) is 4.10. The number of amides is 1. The number of nitrogens with zero attached hydrogens (tertiary/aromatic N) is 2. The number of nitrogens with one attached hydrogen (secondary N) is 1. The first kappa shape index (κ1) is 24.6. The van der Waals surface area contributed by atoms with Crippen molar-refractivity contribution in [3.8, 4) is 5.69 Å². The summed E-state index contributed by atoms with van der Waals surface area (Å²) in [5.74, 6) is -0.265. The molecule has 0 radical (unpaired) electrons. The minimum atomic E-state index is -3.89. The first-order valence-corrected chi connectivity index (χ1v) is 13.3. The van der Waals surface area contributed by atoms with Crippen molar-refractivity contribution < 1.29 is 13.2 Å². The van der Waals surface area contributed by atoms with E-state index < -0.39 is 10.0 Å². The summed E-state index contributed by atoms with van der Waals surface area (Å²) in [6, 6.07) is 20.4. The van der Waals surface area contributed by atoms with Crippen LogP contribution in [0.25, 0.3) is 16.6 Å². The Bertz CT molecular complexity index is 1580. The molecule has 8 nitrogen and oxygen atoms in total. The van der Waals surface area contributed by atoms with Gasteiger partial charge in [0, 0.05) is 5.69 Å². The summed E-state index contributed by atoms with van der Waals surface area (Å²) in [7, 11) is -3.89. The van der Waals surface area contributed by atoms with Gasteiger partial charge in [0.25, 0.3) is 5.56 Å². The number of rotatable bonds is 7. The summed E-state index contributed by atoms with van der Waals surface area (Å²) < 4.78 is 24.7. The van der Waals surface area contributed by atoms with Gasteiger partial charge < -0.3 is 5.32 Å². The second-order valence-electron chi connectivity index (χ2n) is 8.18. The zero-order chi connectivity index (χ0) is 25.2. The minimum Gasteiger partial charge on any atom is -0.325 e. The Morgan fingerprint density at radius 1 is 1.06 bits per heavy atom. The highest BCUT2D eigenvalue weighted by molar-refractivity contribution is 7.99. The molecule has 4 rings (SSSR count). The Labute approximate surface area is 207 Å². The number of carbonyl (C=O) groups is 1. The van der Waals surface area contributed by atoms with Crippen LogP contribution in [0.15, 0.2) is 87.6 Å². The molecule has 0 fully saturated rings. The lowest BCUT2D eigenvalue weighted by atomic mass is 10.0. The average Bonchev–Trinajstić information content (AvgIpc) is 2.82. The molecule has 0 bridgehead atoms. The van der Waals surface area contributed by atoms with Crippen LogP contribution in [0, 0.1) is 0 Å². The van der Waals surface area contributed by atoms with Crippen molar-refractivity contribution in [3.05, 3.63) is 88.7 Å². The number of thioether (sulfide) groups is 1. The monoisotopic (exact) mass is 508 g/mol. The highest BCUT2D eigenvalue weighted by Gasteiger charge is 2.18. The molecule has 3 N–H and O–H groups in total. The maximum absolute atomic E-state index is 13.5. The van der Waals surface area contributed by atoms with E-state index >= 15 is 0 Å². The third-order valence-electron chi connectivity index (χ3n) is 5.32. The van der Waals surface area contributed by atoms with Crippen molar-refractivity contribution in [2.75, 3.05) is 11.1 Å². The molecule has 0 aliphatic carbocycles. The quantitative estimate of drug-likeness (QED) is 0.288. The Balaban J connectivity index is 1.69. The van der Waals surface area contributed by atoms with Crippen LogP contribution in [0.4, 0.5) is 5.69 Å². The summed E-state index contributed by atoms with van der Waals surface area (Å²) in [5.41, 5.74) is 2.33. The summed E-state index contributed by atoms with van der Waals surface area (Å²) in [4.78, 5) is 30.8. The molecule has 4 aromatic rings. The predicted octanol–water partition coefficient (Wildman–Crippen LogP) is 3.89. The number of primary sulfonamides is 1. The van der Waals surface area contributed by atoms with Gasteiger partial charge in [-0.15, -0.1) is 0 Å². The van der Waals surface area contributed by atoms with E-state index in [4.69, 9.17) is 5.14 Å². The zero-order valence-corrected chi connectivity index (χ0v) is 20.8. The predicted molar refractivity (Wildman–Crippen MR) is 139 cm³/mol. The van der Waals surface area contributed by atoms with Gasteiger partial charge in [-0.1, -0.05) is 62.0 Å². The molecule has 0 saturated heterocycles. The van der Waals surface area contributed by atoms with Gasteiger partial charge in [0.2, 0.25) is 15.9 Å². The molecule has 180 valence electrons. The lowest BCUT2D eigenvalue weighted by Gasteiger charge is -2.18. The minimum absolute atomic E-state index is 0.0474. The number of hydrogen-bond donors (Lipinski definition) is 2. The standard InChI is InChI=1S/C25H24N4O4S2/c1-16(2)19-10-4-6-13-22(19)29-24(31)20-11-3-5-12-21(20)28-25(29)34-15-23(30)27-17-8-7-9-18(14-17)35(26,32)33/h3-14,16H,15H2,1-2H3,(H,27,30)(H2,26,32,33). The molecular weight excluding hydrogens is 484 g/mol. The van der Waals surface area contributed by atoms with E-state index in [9.17, 15) is 18.0 Å². The molecule has 0 atom stereocenters. The third kappa shape index (κ3) is 5.45. The SMILES string of the molecule is CC(C)c1ccccc1-n1c(SCC(=O)Nc2cccc(S(N)(=O)=O)c2)nc2ccccc2c1=O. The number of fused-ring (bicyclic) bond motifs is 1. The van der Waals surface area contributed by atoms with Crippen LogP contribution < -0.4 is 16.0 Å². The fourth-order valence-corrected chi connectivity index (χ4v) is 5.04. The molecule has 1 heterocycles. The second kappa shape index (κ2) is 10.0. The van der Waals surface area contributed by atoms with Crippen LogP contribution in [-0.4, -0.2) is 29.6 Å². The number of carbonyl (C=O) groups excluding carboxylic acids is 1. The number of anilines is 1. The van der Waals surface area contributed by atoms with E-state index in [-0.39, 0.29) is 28.0 Å². The van der Waals surface area contributed by atoms with E-state index in [0.717, 1.165) is 23.0 Å². The van der Waals surface area contributed by atoms with Gasteiger partial charge >= 0.3 is 0 Å². The molecular formula is C25H24N4O4S2. The van der Waals surface area contributed by atoms with Crippen molar-refractivity contribution in [3.63, 3.8) is 0 Å². The van der Waals surface area contributed by atoms with Gasteiger partial charge in [-0.3, -0.25) is 14.2 Å². The Morgan fingerprint density at radius 2 is 1.77 bits per heavy atom.